The molecule has 1 aromatic rings. The normalized spacial score (nSPS) is 24.4. The SMILES string of the molecule is C[C@H](NC(=O)N1CCN(Cc2ccsc2)CC1)[C@H]1CCCO1. The van der Waals surface area contributed by atoms with Crippen molar-refractivity contribution in [2.24, 2.45) is 0 Å². The molecule has 2 aliphatic rings. The van der Waals surface area contributed by atoms with Gasteiger partial charge in [-0.05, 0) is 42.2 Å². The summed E-state index contributed by atoms with van der Waals surface area (Å²) in [6, 6.07) is 2.32. The number of amides is 2. The molecule has 0 spiro atoms. The van der Waals surface area contributed by atoms with Crippen molar-refractivity contribution in [3.8, 4) is 0 Å². The Hall–Kier alpha value is -1.11. The average molecular weight is 323 g/mol. The Labute approximate surface area is 136 Å². The maximum absolute atomic E-state index is 12.3. The van der Waals surface area contributed by atoms with E-state index in [2.05, 4.69) is 27.0 Å². The molecular formula is C16H25N3O2S. The lowest BCUT2D eigenvalue weighted by molar-refractivity contribution is 0.0800. The summed E-state index contributed by atoms with van der Waals surface area (Å²) in [4.78, 5) is 16.7. The fourth-order valence-electron chi connectivity index (χ4n) is 3.13. The molecule has 0 aliphatic carbocycles. The maximum Gasteiger partial charge on any atom is 0.317 e. The van der Waals surface area contributed by atoms with Crippen LogP contribution in [0.25, 0.3) is 0 Å². The summed E-state index contributed by atoms with van der Waals surface area (Å²) in [6.45, 7) is 7.34. The highest BCUT2D eigenvalue weighted by Gasteiger charge is 2.27. The fraction of sp³-hybridized carbons (Fsp3) is 0.688. The monoisotopic (exact) mass is 323 g/mol. The number of ether oxygens (including phenoxy) is 1. The topological polar surface area (TPSA) is 44.8 Å². The van der Waals surface area contributed by atoms with E-state index in [1.54, 1.807) is 11.3 Å². The minimum absolute atomic E-state index is 0.0539. The second-order valence-corrected chi connectivity index (χ2v) is 6.96. The molecule has 6 heteroatoms. The molecule has 3 rings (SSSR count). The Bertz CT molecular complexity index is 466. The highest BCUT2D eigenvalue weighted by molar-refractivity contribution is 7.07. The number of thiophene rings is 1. The van der Waals surface area contributed by atoms with Crippen molar-refractivity contribution in [2.75, 3.05) is 32.8 Å². The lowest BCUT2D eigenvalue weighted by Crippen LogP contribution is -2.54. The number of nitrogens with one attached hydrogen (secondary N) is 1. The average Bonchev–Trinajstić information content (AvgIpc) is 3.21. The summed E-state index contributed by atoms with van der Waals surface area (Å²) in [6.07, 6.45) is 2.34. The van der Waals surface area contributed by atoms with Gasteiger partial charge in [-0.1, -0.05) is 0 Å². The number of rotatable bonds is 4. The molecule has 3 heterocycles. The molecule has 2 atom stereocenters. The number of hydrogen-bond acceptors (Lipinski definition) is 4. The van der Waals surface area contributed by atoms with Gasteiger partial charge in [-0.25, -0.2) is 4.79 Å². The van der Waals surface area contributed by atoms with Crippen molar-refractivity contribution >= 4 is 17.4 Å². The smallest absolute Gasteiger partial charge is 0.317 e. The Morgan fingerprint density at radius 1 is 1.45 bits per heavy atom. The lowest BCUT2D eigenvalue weighted by Gasteiger charge is -2.35. The van der Waals surface area contributed by atoms with E-state index in [0.717, 1.165) is 52.2 Å². The van der Waals surface area contributed by atoms with Crippen LogP contribution in [0, 0.1) is 0 Å². The van der Waals surface area contributed by atoms with Crippen molar-refractivity contribution in [2.45, 2.75) is 38.5 Å². The van der Waals surface area contributed by atoms with Crippen LogP contribution in [-0.2, 0) is 11.3 Å². The van der Waals surface area contributed by atoms with Crippen LogP contribution in [-0.4, -0.2) is 60.8 Å². The molecule has 0 aromatic carbocycles. The van der Waals surface area contributed by atoms with Gasteiger partial charge in [0.15, 0.2) is 0 Å². The summed E-state index contributed by atoms with van der Waals surface area (Å²) in [5.41, 5.74) is 1.37. The second kappa shape index (κ2) is 7.44. The van der Waals surface area contributed by atoms with Crippen LogP contribution >= 0.6 is 11.3 Å². The second-order valence-electron chi connectivity index (χ2n) is 6.18. The number of nitrogens with zero attached hydrogens (tertiary/aromatic N) is 2. The number of piperazine rings is 1. The number of carbonyl (C=O) groups is 1. The molecule has 0 bridgehead atoms. The number of carbonyl (C=O) groups excluding carboxylic acids is 1. The van der Waals surface area contributed by atoms with Crippen LogP contribution in [0.3, 0.4) is 0 Å². The first-order valence-corrected chi connectivity index (χ1v) is 9.07. The number of urea groups is 1. The van der Waals surface area contributed by atoms with Crippen molar-refractivity contribution in [3.05, 3.63) is 22.4 Å². The highest BCUT2D eigenvalue weighted by Crippen LogP contribution is 2.16. The third kappa shape index (κ3) is 4.00. The molecule has 122 valence electrons. The molecule has 1 aromatic heterocycles. The van der Waals surface area contributed by atoms with Crippen LogP contribution in [0.15, 0.2) is 16.8 Å². The minimum atomic E-state index is 0.0539. The van der Waals surface area contributed by atoms with Crippen LogP contribution in [0.2, 0.25) is 0 Å². The molecular weight excluding hydrogens is 298 g/mol. The first kappa shape index (κ1) is 15.8. The summed E-state index contributed by atoms with van der Waals surface area (Å²) in [5.74, 6) is 0. The van der Waals surface area contributed by atoms with Crippen molar-refractivity contribution in [3.63, 3.8) is 0 Å². The summed E-state index contributed by atoms with van der Waals surface area (Å²) < 4.78 is 5.64. The van der Waals surface area contributed by atoms with Crippen LogP contribution in [0.1, 0.15) is 25.3 Å². The van der Waals surface area contributed by atoms with E-state index >= 15 is 0 Å². The van der Waals surface area contributed by atoms with Crippen LogP contribution < -0.4 is 5.32 Å². The Morgan fingerprint density at radius 2 is 2.27 bits per heavy atom. The zero-order valence-corrected chi connectivity index (χ0v) is 14.0. The van der Waals surface area contributed by atoms with Crippen LogP contribution in [0.4, 0.5) is 4.79 Å². The quantitative estimate of drug-likeness (QED) is 0.923. The Kier molecular flexibility index (Phi) is 5.33. The van der Waals surface area contributed by atoms with E-state index in [9.17, 15) is 4.79 Å². The summed E-state index contributed by atoms with van der Waals surface area (Å²) >= 11 is 1.74. The molecule has 0 saturated carbocycles. The maximum atomic E-state index is 12.3. The van der Waals surface area contributed by atoms with E-state index < -0.39 is 0 Å². The van der Waals surface area contributed by atoms with E-state index in [0.29, 0.717) is 0 Å². The van der Waals surface area contributed by atoms with Gasteiger partial charge in [0.1, 0.15) is 0 Å². The first-order chi connectivity index (χ1) is 10.7. The van der Waals surface area contributed by atoms with Crippen molar-refractivity contribution < 1.29 is 9.53 Å². The van der Waals surface area contributed by atoms with E-state index in [-0.39, 0.29) is 18.2 Å². The largest absolute Gasteiger partial charge is 0.376 e. The van der Waals surface area contributed by atoms with Gasteiger partial charge in [0.25, 0.3) is 0 Å². The zero-order chi connectivity index (χ0) is 15.4. The lowest BCUT2D eigenvalue weighted by atomic mass is 10.1. The molecule has 2 fully saturated rings. The molecule has 0 radical (unpaired) electrons. The molecule has 5 nitrogen and oxygen atoms in total. The summed E-state index contributed by atoms with van der Waals surface area (Å²) in [7, 11) is 0. The standard InChI is InChI=1S/C16H25N3O2S/c1-13(15-3-2-9-21-15)17-16(20)19-7-5-18(6-8-19)11-14-4-10-22-12-14/h4,10,12-13,15H,2-3,5-9,11H2,1H3,(H,17,20)/t13-,15+/m0/s1. The zero-order valence-electron chi connectivity index (χ0n) is 13.2. The predicted molar refractivity (Wildman–Crippen MR) is 88.1 cm³/mol. The highest BCUT2D eigenvalue weighted by atomic mass is 32.1. The summed E-state index contributed by atoms with van der Waals surface area (Å²) in [5, 5.41) is 7.41. The molecule has 1 N–H and O–H groups in total. The predicted octanol–water partition coefficient (Wildman–Crippen LogP) is 2.14. The van der Waals surface area contributed by atoms with Gasteiger partial charge in [-0.2, -0.15) is 11.3 Å². The third-order valence-electron chi connectivity index (χ3n) is 4.52. The third-order valence-corrected chi connectivity index (χ3v) is 5.25. The molecule has 22 heavy (non-hydrogen) atoms. The Morgan fingerprint density at radius 3 is 2.91 bits per heavy atom. The van der Waals surface area contributed by atoms with E-state index in [1.165, 1.54) is 5.56 Å². The van der Waals surface area contributed by atoms with Gasteiger partial charge in [0.05, 0.1) is 12.1 Å². The van der Waals surface area contributed by atoms with E-state index in [1.807, 2.05) is 11.8 Å². The first-order valence-electron chi connectivity index (χ1n) is 8.13. The molecule has 0 unspecified atom stereocenters. The van der Waals surface area contributed by atoms with E-state index in [4.69, 9.17) is 4.74 Å². The van der Waals surface area contributed by atoms with Gasteiger partial charge in [-0.3, -0.25) is 4.90 Å². The van der Waals surface area contributed by atoms with Crippen LogP contribution in [0.5, 0.6) is 0 Å². The van der Waals surface area contributed by atoms with Gasteiger partial charge >= 0.3 is 6.03 Å². The van der Waals surface area contributed by atoms with Gasteiger partial charge in [0.2, 0.25) is 0 Å². The van der Waals surface area contributed by atoms with Gasteiger partial charge < -0.3 is 15.0 Å². The number of hydrogen-bond donors (Lipinski definition) is 1. The van der Waals surface area contributed by atoms with Crippen molar-refractivity contribution in [1.82, 2.24) is 15.1 Å². The molecule has 2 saturated heterocycles. The fourth-order valence-corrected chi connectivity index (χ4v) is 3.79. The van der Waals surface area contributed by atoms with Crippen molar-refractivity contribution in [1.29, 1.82) is 0 Å². The molecule has 2 amide bonds. The molecule has 2 aliphatic heterocycles. The van der Waals surface area contributed by atoms with Gasteiger partial charge in [-0.15, -0.1) is 0 Å². The minimum Gasteiger partial charge on any atom is -0.376 e. The Balaban J connectivity index is 1.41. The van der Waals surface area contributed by atoms with Gasteiger partial charge in [0, 0.05) is 39.3 Å².